The number of carbonyl (C=O) groups excluding carboxylic acids is 1. The average molecular weight is 212 g/mol. The van der Waals surface area contributed by atoms with Crippen LogP contribution in [-0.2, 0) is 0 Å². The summed E-state index contributed by atoms with van der Waals surface area (Å²) < 4.78 is 26.7. The van der Waals surface area contributed by atoms with Gasteiger partial charge in [0.25, 0.3) is 0 Å². The number of benzene rings is 1. The molecule has 3 nitrogen and oxygen atoms in total. The molecule has 2 rings (SSSR count). The Balaban J connectivity index is 2.43. The van der Waals surface area contributed by atoms with Gasteiger partial charge in [0.2, 0.25) is 0 Å². The summed E-state index contributed by atoms with van der Waals surface area (Å²) >= 11 is 0. The lowest BCUT2D eigenvalue weighted by Gasteiger charge is -2.15. The topological polar surface area (TPSA) is 32.3 Å². The molecular formula is C10H10F2N2O. The molecule has 15 heavy (non-hydrogen) atoms. The first-order valence-electron chi connectivity index (χ1n) is 4.60. The highest BCUT2D eigenvalue weighted by atomic mass is 19.1. The lowest BCUT2D eigenvalue weighted by Crippen LogP contribution is -2.28. The summed E-state index contributed by atoms with van der Waals surface area (Å²) in [6.45, 7) is 2.29. The first kappa shape index (κ1) is 9.89. The fourth-order valence-corrected chi connectivity index (χ4v) is 1.54. The molecule has 1 aliphatic heterocycles. The standard InChI is InChI=1S/C10H10F2N2O/c1-6-4-8(12)9(5-7(6)11)14-3-2-13-10(14)15/h4-5H,2-3H2,1H3,(H,13,15). The molecule has 5 heteroatoms. The lowest BCUT2D eigenvalue weighted by atomic mass is 10.2. The predicted molar refractivity (Wildman–Crippen MR) is 51.8 cm³/mol. The van der Waals surface area contributed by atoms with Crippen LogP contribution in [0.3, 0.4) is 0 Å². The highest BCUT2D eigenvalue weighted by molar-refractivity contribution is 5.94. The van der Waals surface area contributed by atoms with Gasteiger partial charge in [0.1, 0.15) is 11.6 Å². The first-order valence-corrected chi connectivity index (χ1v) is 4.60. The van der Waals surface area contributed by atoms with Crippen LogP contribution in [0.5, 0.6) is 0 Å². The number of halogens is 2. The number of hydrogen-bond donors (Lipinski definition) is 1. The van der Waals surface area contributed by atoms with E-state index in [-0.39, 0.29) is 11.3 Å². The van der Waals surface area contributed by atoms with Gasteiger partial charge in [-0.2, -0.15) is 0 Å². The molecule has 0 radical (unpaired) electrons. The Hall–Kier alpha value is -1.65. The normalized spacial score (nSPS) is 15.7. The summed E-state index contributed by atoms with van der Waals surface area (Å²) in [5, 5.41) is 2.53. The van der Waals surface area contributed by atoms with E-state index < -0.39 is 17.7 Å². The van der Waals surface area contributed by atoms with Crippen molar-refractivity contribution in [3.05, 3.63) is 29.3 Å². The third-order valence-electron chi connectivity index (χ3n) is 2.38. The number of anilines is 1. The van der Waals surface area contributed by atoms with Crippen LogP contribution in [0.4, 0.5) is 19.3 Å². The number of hydrogen-bond acceptors (Lipinski definition) is 1. The molecule has 0 aromatic heterocycles. The van der Waals surface area contributed by atoms with Crippen molar-refractivity contribution < 1.29 is 13.6 Å². The van der Waals surface area contributed by atoms with Crippen molar-refractivity contribution in [2.45, 2.75) is 6.92 Å². The molecular weight excluding hydrogens is 202 g/mol. The molecule has 1 saturated heterocycles. The third-order valence-corrected chi connectivity index (χ3v) is 2.38. The maximum absolute atomic E-state index is 13.5. The second-order valence-electron chi connectivity index (χ2n) is 3.44. The van der Waals surface area contributed by atoms with E-state index in [4.69, 9.17) is 0 Å². The molecule has 0 unspecified atom stereocenters. The van der Waals surface area contributed by atoms with Gasteiger partial charge in [-0.15, -0.1) is 0 Å². The Morgan fingerprint density at radius 3 is 2.67 bits per heavy atom. The van der Waals surface area contributed by atoms with Gasteiger partial charge in [-0.1, -0.05) is 0 Å². The minimum atomic E-state index is -0.578. The molecule has 1 aromatic carbocycles. The molecule has 1 heterocycles. The van der Waals surface area contributed by atoms with Crippen molar-refractivity contribution in [3.63, 3.8) is 0 Å². The van der Waals surface area contributed by atoms with Crippen LogP contribution in [0.25, 0.3) is 0 Å². The number of amides is 2. The quantitative estimate of drug-likeness (QED) is 0.756. The second kappa shape index (κ2) is 3.49. The lowest BCUT2D eigenvalue weighted by molar-refractivity contribution is 0.252. The Labute approximate surface area is 85.7 Å². The van der Waals surface area contributed by atoms with E-state index in [9.17, 15) is 13.6 Å². The maximum Gasteiger partial charge on any atom is 0.322 e. The van der Waals surface area contributed by atoms with Crippen molar-refractivity contribution in [2.24, 2.45) is 0 Å². The van der Waals surface area contributed by atoms with Crippen molar-refractivity contribution in [3.8, 4) is 0 Å². The Morgan fingerprint density at radius 2 is 2.07 bits per heavy atom. The first-order chi connectivity index (χ1) is 7.09. The van der Waals surface area contributed by atoms with Crippen LogP contribution in [-0.4, -0.2) is 19.1 Å². The Bertz CT molecular complexity index is 420. The number of aryl methyl sites for hydroxylation is 1. The Morgan fingerprint density at radius 1 is 1.33 bits per heavy atom. The number of urea groups is 1. The summed E-state index contributed by atoms with van der Waals surface area (Å²) in [5.41, 5.74) is 0.226. The summed E-state index contributed by atoms with van der Waals surface area (Å²) in [6.07, 6.45) is 0. The molecule has 1 aliphatic rings. The highest BCUT2D eigenvalue weighted by Gasteiger charge is 2.24. The van der Waals surface area contributed by atoms with Crippen molar-refractivity contribution in [1.82, 2.24) is 5.32 Å². The zero-order valence-electron chi connectivity index (χ0n) is 8.18. The van der Waals surface area contributed by atoms with Gasteiger partial charge in [0.05, 0.1) is 5.69 Å². The van der Waals surface area contributed by atoms with Gasteiger partial charge in [0.15, 0.2) is 0 Å². The maximum atomic E-state index is 13.5. The molecule has 1 aromatic rings. The van der Waals surface area contributed by atoms with Crippen LogP contribution in [0.1, 0.15) is 5.56 Å². The summed E-state index contributed by atoms with van der Waals surface area (Å²) in [4.78, 5) is 12.4. The number of carbonyl (C=O) groups is 1. The van der Waals surface area contributed by atoms with Crippen LogP contribution in [0.2, 0.25) is 0 Å². The van der Waals surface area contributed by atoms with Crippen molar-refractivity contribution in [2.75, 3.05) is 18.0 Å². The Kier molecular flexibility index (Phi) is 2.30. The molecule has 1 fully saturated rings. The van der Waals surface area contributed by atoms with E-state index >= 15 is 0 Å². The molecule has 1 N–H and O–H groups in total. The summed E-state index contributed by atoms with van der Waals surface area (Å²) in [5.74, 6) is -1.09. The van der Waals surface area contributed by atoms with Gasteiger partial charge < -0.3 is 5.32 Å². The monoisotopic (exact) mass is 212 g/mol. The van der Waals surface area contributed by atoms with Gasteiger partial charge in [-0.25, -0.2) is 13.6 Å². The summed E-state index contributed by atoms with van der Waals surface area (Å²) in [6, 6.07) is 1.75. The van der Waals surface area contributed by atoms with E-state index in [1.165, 1.54) is 11.8 Å². The third kappa shape index (κ3) is 1.65. The van der Waals surface area contributed by atoms with Crippen LogP contribution in [0, 0.1) is 18.6 Å². The minimum Gasteiger partial charge on any atom is -0.336 e. The fourth-order valence-electron chi connectivity index (χ4n) is 1.54. The van der Waals surface area contributed by atoms with Crippen LogP contribution < -0.4 is 10.2 Å². The average Bonchev–Trinajstić information content (AvgIpc) is 2.58. The zero-order valence-corrected chi connectivity index (χ0v) is 8.18. The van der Waals surface area contributed by atoms with Crippen LogP contribution >= 0.6 is 0 Å². The second-order valence-corrected chi connectivity index (χ2v) is 3.44. The molecule has 80 valence electrons. The number of nitrogens with one attached hydrogen (secondary N) is 1. The molecule has 0 bridgehead atoms. The largest absolute Gasteiger partial charge is 0.336 e. The van der Waals surface area contributed by atoms with E-state index in [0.717, 1.165) is 12.1 Å². The van der Waals surface area contributed by atoms with E-state index in [0.29, 0.717) is 13.1 Å². The van der Waals surface area contributed by atoms with Gasteiger partial charge in [-0.05, 0) is 18.6 Å². The van der Waals surface area contributed by atoms with Gasteiger partial charge >= 0.3 is 6.03 Å². The number of rotatable bonds is 1. The number of nitrogens with zero attached hydrogens (tertiary/aromatic N) is 1. The smallest absolute Gasteiger partial charge is 0.322 e. The fraction of sp³-hybridized carbons (Fsp3) is 0.300. The van der Waals surface area contributed by atoms with E-state index in [1.807, 2.05) is 0 Å². The van der Waals surface area contributed by atoms with Crippen molar-refractivity contribution in [1.29, 1.82) is 0 Å². The highest BCUT2D eigenvalue weighted by Crippen LogP contribution is 2.23. The molecule has 0 atom stereocenters. The zero-order chi connectivity index (χ0) is 11.0. The molecule has 0 spiro atoms. The minimum absolute atomic E-state index is 0.00639. The van der Waals surface area contributed by atoms with Gasteiger partial charge in [0, 0.05) is 19.2 Å². The predicted octanol–water partition coefficient (Wildman–Crippen LogP) is 1.80. The summed E-state index contributed by atoms with van der Waals surface area (Å²) in [7, 11) is 0. The van der Waals surface area contributed by atoms with E-state index in [1.54, 1.807) is 0 Å². The van der Waals surface area contributed by atoms with Crippen molar-refractivity contribution >= 4 is 11.7 Å². The van der Waals surface area contributed by atoms with Crippen LogP contribution in [0.15, 0.2) is 12.1 Å². The van der Waals surface area contributed by atoms with E-state index in [2.05, 4.69) is 5.32 Å². The van der Waals surface area contributed by atoms with Gasteiger partial charge in [-0.3, -0.25) is 4.90 Å². The SMILES string of the molecule is Cc1cc(F)c(N2CCNC2=O)cc1F. The molecule has 0 aliphatic carbocycles. The molecule has 2 amide bonds. The molecule has 0 saturated carbocycles.